The first-order valence-corrected chi connectivity index (χ1v) is 10.1. The summed E-state index contributed by atoms with van der Waals surface area (Å²) in [6, 6.07) is 6.64. The van der Waals surface area contributed by atoms with Gasteiger partial charge in [0, 0.05) is 18.1 Å². The van der Waals surface area contributed by atoms with E-state index in [1.807, 2.05) is 17.9 Å². The number of halogens is 1. The zero-order valence-electron chi connectivity index (χ0n) is 16.2. The summed E-state index contributed by atoms with van der Waals surface area (Å²) in [4.78, 5) is 41.0. The molecule has 1 atom stereocenters. The van der Waals surface area contributed by atoms with E-state index in [9.17, 15) is 14.4 Å². The Morgan fingerprint density at radius 1 is 1.29 bits per heavy atom. The minimum absolute atomic E-state index is 0.111. The molecule has 1 N–H and O–H groups in total. The minimum atomic E-state index is -1.09. The molecule has 0 spiro atoms. The lowest BCUT2D eigenvalue weighted by atomic mass is 9.87. The van der Waals surface area contributed by atoms with Crippen molar-refractivity contribution in [2.75, 3.05) is 26.4 Å². The Hall–Kier alpha value is -2.12. The van der Waals surface area contributed by atoms with Crippen molar-refractivity contribution in [2.45, 2.75) is 38.6 Å². The van der Waals surface area contributed by atoms with Crippen LogP contribution in [0.1, 0.15) is 38.7 Å². The average molecular weight is 408 g/mol. The summed E-state index contributed by atoms with van der Waals surface area (Å²) in [5.74, 6) is -0.543. The van der Waals surface area contributed by atoms with Gasteiger partial charge in [0.25, 0.3) is 5.91 Å². The third kappa shape index (κ3) is 3.86. The van der Waals surface area contributed by atoms with Crippen LogP contribution in [0.15, 0.2) is 24.3 Å². The van der Waals surface area contributed by atoms with E-state index < -0.39 is 11.6 Å². The van der Waals surface area contributed by atoms with Crippen LogP contribution in [-0.2, 0) is 19.9 Å². The van der Waals surface area contributed by atoms with Crippen molar-refractivity contribution in [1.29, 1.82) is 0 Å². The number of amides is 3. The molecule has 0 unspecified atom stereocenters. The van der Waals surface area contributed by atoms with E-state index in [4.69, 9.17) is 16.3 Å². The third-order valence-electron chi connectivity index (χ3n) is 5.57. The molecule has 3 amide bonds. The Kier molecular flexibility index (Phi) is 6.25. The van der Waals surface area contributed by atoms with Crippen LogP contribution >= 0.6 is 11.6 Å². The van der Waals surface area contributed by atoms with Gasteiger partial charge in [-0.3, -0.25) is 14.5 Å². The second-order valence-corrected chi connectivity index (χ2v) is 7.65. The normalized spacial score (nSPS) is 23.8. The first-order chi connectivity index (χ1) is 13.4. The highest BCUT2D eigenvalue weighted by Crippen LogP contribution is 2.34. The van der Waals surface area contributed by atoms with E-state index in [0.717, 1.165) is 0 Å². The zero-order valence-corrected chi connectivity index (χ0v) is 17.0. The fraction of sp³-hybridized carbons (Fsp3) is 0.550. The van der Waals surface area contributed by atoms with Gasteiger partial charge in [0.2, 0.25) is 0 Å². The standard InChI is InChI=1S/C20H26ClN3O4/c1-3-20(15-6-5-7-16(21)12-15)18(26)24(19(27)22-20)13-23-10-8-14(9-11-23)17(25)28-4-2/h5-7,12,14H,3-4,8-11,13H2,1-2H3,(H,22,27)/t20-/m0/s1. The number of piperidine rings is 1. The lowest BCUT2D eigenvalue weighted by Gasteiger charge is -2.33. The maximum Gasteiger partial charge on any atom is 0.326 e. The predicted octanol–water partition coefficient (Wildman–Crippen LogP) is 2.73. The number of nitrogens with one attached hydrogen (secondary N) is 1. The number of carbonyl (C=O) groups excluding carboxylic acids is 3. The van der Waals surface area contributed by atoms with Gasteiger partial charge in [-0.1, -0.05) is 30.7 Å². The number of ether oxygens (including phenoxy) is 1. The van der Waals surface area contributed by atoms with Gasteiger partial charge in [0.15, 0.2) is 0 Å². The largest absolute Gasteiger partial charge is 0.466 e. The van der Waals surface area contributed by atoms with Gasteiger partial charge in [-0.15, -0.1) is 0 Å². The lowest BCUT2D eigenvalue weighted by molar-refractivity contribution is -0.150. The van der Waals surface area contributed by atoms with Crippen LogP contribution in [0.25, 0.3) is 0 Å². The molecule has 2 saturated heterocycles. The maximum atomic E-state index is 13.2. The van der Waals surface area contributed by atoms with E-state index in [2.05, 4.69) is 5.32 Å². The Labute approximate surface area is 169 Å². The zero-order chi connectivity index (χ0) is 20.3. The quantitative estimate of drug-likeness (QED) is 0.579. The summed E-state index contributed by atoms with van der Waals surface area (Å²) in [7, 11) is 0. The van der Waals surface area contributed by atoms with Crippen molar-refractivity contribution >= 4 is 29.5 Å². The highest BCUT2D eigenvalue weighted by molar-refractivity contribution is 6.30. The molecule has 1 aromatic rings. The molecule has 2 aliphatic heterocycles. The third-order valence-corrected chi connectivity index (χ3v) is 5.81. The van der Waals surface area contributed by atoms with Crippen molar-refractivity contribution < 1.29 is 19.1 Å². The van der Waals surface area contributed by atoms with Crippen LogP contribution in [0.3, 0.4) is 0 Å². The molecule has 3 rings (SSSR count). The monoisotopic (exact) mass is 407 g/mol. The van der Waals surface area contributed by atoms with Crippen molar-refractivity contribution in [3.8, 4) is 0 Å². The molecule has 7 nitrogen and oxygen atoms in total. The number of esters is 1. The van der Waals surface area contributed by atoms with E-state index in [1.165, 1.54) is 4.90 Å². The van der Waals surface area contributed by atoms with E-state index in [1.54, 1.807) is 25.1 Å². The van der Waals surface area contributed by atoms with Gasteiger partial charge in [-0.2, -0.15) is 0 Å². The molecular formula is C20H26ClN3O4. The summed E-state index contributed by atoms with van der Waals surface area (Å²) in [5.41, 5.74) is -0.407. The smallest absolute Gasteiger partial charge is 0.326 e. The van der Waals surface area contributed by atoms with Crippen molar-refractivity contribution in [3.63, 3.8) is 0 Å². The van der Waals surface area contributed by atoms with Crippen LogP contribution in [0.2, 0.25) is 5.02 Å². The molecule has 8 heteroatoms. The molecule has 2 heterocycles. The second-order valence-electron chi connectivity index (χ2n) is 7.22. The summed E-state index contributed by atoms with van der Waals surface area (Å²) >= 11 is 6.10. The molecule has 0 radical (unpaired) electrons. The Morgan fingerprint density at radius 3 is 2.61 bits per heavy atom. The second kappa shape index (κ2) is 8.49. The highest BCUT2D eigenvalue weighted by atomic mass is 35.5. The number of likely N-dealkylation sites (tertiary alicyclic amines) is 1. The molecule has 0 bridgehead atoms. The molecule has 2 fully saturated rings. The number of carbonyl (C=O) groups is 3. The number of urea groups is 1. The first kappa shape index (κ1) is 20.6. The summed E-state index contributed by atoms with van der Waals surface area (Å²) in [6.45, 7) is 5.53. The Bertz CT molecular complexity index is 764. The number of rotatable bonds is 6. The SMILES string of the molecule is CCOC(=O)C1CCN(CN2C(=O)N[C@@](CC)(c3cccc(Cl)c3)C2=O)CC1. The maximum absolute atomic E-state index is 13.2. The topological polar surface area (TPSA) is 79.0 Å². The van der Waals surface area contributed by atoms with Gasteiger partial charge >= 0.3 is 12.0 Å². The van der Waals surface area contributed by atoms with Gasteiger partial charge in [0.1, 0.15) is 5.54 Å². The van der Waals surface area contributed by atoms with Gasteiger partial charge in [-0.25, -0.2) is 9.69 Å². The molecular weight excluding hydrogens is 382 g/mol. The average Bonchev–Trinajstić information content (AvgIpc) is 2.94. The van der Waals surface area contributed by atoms with Crippen LogP contribution in [0.4, 0.5) is 4.79 Å². The molecule has 28 heavy (non-hydrogen) atoms. The molecule has 152 valence electrons. The van der Waals surface area contributed by atoms with Gasteiger partial charge in [-0.05, 0) is 43.9 Å². The predicted molar refractivity (Wildman–Crippen MR) is 105 cm³/mol. The highest BCUT2D eigenvalue weighted by Gasteiger charge is 2.51. The van der Waals surface area contributed by atoms with Crippen molar-refractivity contribution in [1.82, 2.24) is 15.1 Å². The number of hydrogen-bond acceptors (Lipinski definition) is 5. The van der Waals surface area contributed by atoms with Crippen LogP contribution in [0.5, 0.6) is 0 Å². The molecule has 0 saturated carbocycles. The minimum Gasteiger partial charge on any atom is -0.466 e. The van der Waals surface area contributed by atoms with Gasteiger partial charge < -0.3 is 10.1 Å². The molecule has 1 aromatic carbocycles. The summed E-state index contributed by atoms with van der Waals surface area (Å²) in [6.07, 6.45) is 1.75. The van der Waals surface area contributed by atoms with E-state index in [-0.39, 0.29) is 24.5 Å². The fourth-order valence-electron chi connectivity index (χ4n) is 3.92. The van der Waals surface area contributed by atoms with Crippen molar-refractivity contribution in [3.05, 3.63) is 34.9 Å². The number of imide groups is 1. The van der Waals surface area contributed by atoms with Crippen LogP contribution < -0.4 is 5.32 Å². The van der Waals surface area contributed by atoms with Crippen molar-refractivity contribution in [2.24, 2.45) is 5.92 Å². The van der Waals surface area contributed by atoms with Crippen LogP contribution in [0, 0.1) is 5.92 Å². The molecule has 0 aliphatic carbocycles. The number of benzene rings is 1. The van der Waals surface area contributed by atoms with E-state index in [0.29, 0.717) is 49.5 Å². The number of hydrogen-bond donors (Lipinski definition) is 1. The Morgan fingerprint density at radius 2 is 2.00 bits per heavy atom. The molecule has 2 aliphatic rings. The Balaban J connectivity index is 1.68. The molecule has 0 aromatic heterocycles. The summed E-state index contributed by atoms with van der Waals surface area (Å²) < 4.78 is 5.09. The summed E-state index contributed by atoms with van der Waals surface area (Å²) in [5, 5.41) is 3.39. The lowest BCUT2D eigenvalue weighted by Crippen LogP contribution is -2.47. The number of nitrogens with zero attached hydrogens (tertiary/aromatic N) is 2. The van der Waals surface area contributed by atoms with E-state index >= 15 is 0 Å². The fourth-order valence-corrected chi connectivity index (χ4v) is 4.11. The van der Waals surface area contributed by atoms with Crippen LogP contribution in [-0.4, -0.2) is 54.1 Å². The van der Waals surface area contributed by atoms with Gasteiger partial charge in [0.05, 0.1) is 19.2 Å². The first-order valence-electron chi connectivity index (χ1n) is 9.70.